The summed E-state index contributed by atoms with van der Waals surface area (Å²) in [6, 6.07) is 7.49. The smallest absolute Gasteiger partial charge is 0.151 e. The van der Waals surface area contributed by atoms with Crippen molar-refractivity contribution in [1.29, 1.82) is 0 Å². The van der Waals surface area contributed by atoms with E-state index in [1.54, 1.807) is 12.1 Å². The van der Waals surface area contributed by atoms with Gasteiger partial charge in [-0.25, -0.2) is 8.78 Å². The summed E-state index contributed by atoms with van der Waals surface area (Å²) in [6.45, 7) is 1.89. The molecule has 0 spiro atoms. The fraction of sp³-hybridized carbons (Fsp3) is 0.0769. The van der Waals surface area contributed by atoms with Crippen LogP contribution in [0.15, 0.2) is 34.8 Å². The molecule has 3 N–H and O–H groups in total. The van der Waals surface area contributed by atoms with E-state index in [0.717, 1.165) is 22.2 Å². The first kappa shape index (κ1) is 12.8. The van der Waals surface area contributed by atoms with Crippen molar-refractivity contribution < 1.29 is 8.78 Å². The molecule has 0 atom stereocenters. The Bertz CT molecular complexity index is 577. The summed E-state index contributed by atoms with van der Waals surface area (Å²) in [5, 5.41) is 2.71. The van der Waals surface area contributed by atoms with E-state index in [-0.39, 0.29) is 11.4 Å². The first-order valence-electron chi connectivity index (χ1n) is 5.25. The first-order chi connectivity index (χ1) is 8.47. The Hall–Kier alpha value is -1.62. The van der Waals surface area contributed by atoms with Gasteiger partial charge in [-0.05, 0) is 42.8 Å². The molecule has 0 saturated carbocycles. The molecule has 2 rings (SSSR count). The summed E-state index contributed by atoms with van der Waals surface area (Å²) >= 11 is 3.36. The lowest BCUT2D eigenvalue weighted by Gasteiger charge is -2.10. The number of rotatable bonds is 2. The van der Waals surface area contributed by atoms with E-state index in [2.05, 4.69) is 21.2 Å². The van der Waals surface area contributed by atoms with Crippen LogP contribution in [0.25, 0.3) is 0 Å². The molecule has 2 nitrogen and oxygen atoms in total. The van der Waals surface area contributed by atoms with Gasteiger partial charge >= 0.3 is 0 Å². The molecule has 0 fully saturated rings. The highest BCUT2D eigenvalue weighted by Crippen LogP contribution is 2.27. The van der Waals surface area contributed by atoms with E-state index in [4.69, 9.17) is 5.73 Å². The molecule has 2 aromatic carbocycles. The number of benzene rings is 2. The fourth-order valence-electron chi connectivity index (χ4n) is 1.58. The van der Waals surface area contributed by atoms with E-state index in [1.807, 2.05) is 13.0 Å². The molecule has 18 heavy (non-hydrogen) atoms. The summed E-state index contributed by atoms with van der Waals surface area (Å²) in [5.74, 6) is -1.43. The van der Waals surface area contributed by atoms with Crippen LogP contribution in [0.5, 0.6) is 0 Å². The normalized spacial score (nSPS) is 10.4. The predicted octanol–water partition coefficient (Wildman–Crippen LogP) is 4.36. The van der Waals surface area contributed by atoms with Gasteiger partial charge in [-0.3, -0.25) is 0 Å². The van der Waals surface area contributed by atoms with Crippen LogP contribution in [-0.2, 0) is 0 Å². The number of anilines is 3. The number of nitrogens with one attached hydrogen (secondary N) is 1. The predicted molar refractivity (Wildman–Crippen MR) is 72.9 cm³/mol. The Balaban J connectivity index is 2.37. The summed E-state index contributed by atoms with van der Waals surface area (Å²) in [5.41, 5.74) is 6.79. The Morgan fingerprint density at radius 1 is 1.11 bits per heavy atom. The minimum atomic E-state index is -0.715. The first-order valence-corrected chi connectivity index (χ1v) is 6.04. The number of hydrogen-bond acceptors (Lipinski definition) is 2. The minimum Gasteiger partial charge on any atom is -0.399 e. The minimum absolute atomic E-state index is 0.0579. The maximum Gasteiger partial charge on any atom is 0.151 e. The maximum atomic E-state index is 13.6. The Morgan fingerprint density at radius 3 is 2.28 bits per heavy atom. The number of aryl methyl sites for hydroxylation is 1. The van der Waals surface area contributed by atoms with Crippen LogP contribution in [0.4, 0.5) is 25.8 Å². The molecule has 0 unspecified atom stereocenters. The van der Waals surface area contributed by atoms with Crippen molar-refractivity contribution in [3.05, 3.63) is 52.0 Å². The van der Waals surface area contributed by atoms with Crippen LogP contribution >= 0.6 is 15.9 Å². The molecule has 0 amide bonds. The van der Waals surface area contributed by atoms with Crippen molar-refractivity contribution in [2.24, 2.45) is 0 Å². The third-order valence-electron chi connectivity index (χ3n) is 2.49. The van der Waals surface area contributed by atoms with Gasteiger partial charge in [0.2, 0.25) is 0 Å². The van der Waals surface area contributed by atoms with Crippen LogP contribution in [0.2, 0.25) is 0 Å². The molecular weight excluding hydrogens is 302 g/mol. The average Bonchev–Trinajstić information content (AvgIpc) is 2.28. The Kier molecular flexibility index (Phi) is 3.52. The van der Waals surface area contributed by atoms with Crippen molar-refractivity contribution >= 4 is 33.0 Å². The van der Waals surface area contributed by atoms with Crippen LogP contribution in [0.1, 0.15) is 5.56 Å². The molecule has 2 aromatic rings. The zero-order valence-electron chi connectivity index (χ0n) is 9.60. The summed E-state index contributed by atoms with van der Waals surface area (Å²) < 4.78 is 28.1. The zero-order chi connectivity index (χ0) is 13.3. The second kappa shape index (κ2) is 4.94. The second-order valence-corrected chi connectivity index (χ2v) is 4.80. The molecule has 0 aliphatic rings. The zero-order valence-corrected chi connectivity index (χ0v) is 11.2. The molecule has 0 aromatic heterocycles. The fourth-order valence-corrected chi connectivity index (χ4v) is 1.83. The Labute approximate surface area is 112 Å². The van der Waals surface area contributed by atoms with E-state index < -0.39 is 11.6 Å². The third kappa shape index (κ3) is 2.61. The number of nitrogens with two attached hydrogens (primary N) is 1. The van der Waals surface area contributed by atoms with Crippen LogP contribution in [-0.4, -0.2) is 0 Å². The lowest BCUT2D eigenvalue weighted by Crippen LogP contribution is -1.99. The lowest BCUT2D eigenvalue weighted by molar-refractivity contribution is 0.592. The molecule has 0 aliphatic carbocycles. The summed E-state index contributed by atoms with van der Waals surface area (Å²) in [7, 11) is 0. The van der Waals surface area contributed by atoms with Gasteiger partial charge in [0.1, 0.15) is 5.69 Å². The largest absolute Gasteiger partial charge is 0.399 e. The van der Waals surface area contributed by atoms with Crippen LogP contribution < -0.4 is 11.1 Å². The number of nitrogen functional groups attached to an aromatic ring is 1. The van der Waals surface area contributed by atoms with Gasteiger partial charge in [0.25, 0.3) is 0 Å². The SMILES string of the molecule is Cc1cc(Nc2c(F)cc(N)cc2F)ccc1Br. The summed E-state index contributed by atoms with van der Waals surface area (Å²) in [6.07, 6.45) is 0. The number of hydrogen-bond donors (Lipinski definition) is 2. The van der Waals surface area contributed by atoms with Crippen LogP contribution in [0.3, 0.4) is 0 Å². The molecule has 0 saturated heterocycles. The summed E-state index contributed by atoms with van der Waals surface area (Å²) in [4.78, 5) is 0. The highest BCUT2D eigenvalue weighted by atomic mass is 79.9. The highest BCUT2D eigenvalue weighted by molar-refractivity contribution is 9.10. The van der Waals surface area contributed by atoms with Gasteiger partial charge in [-0.15, -0.1) is 0 Å². The van der Waals surface area contributed by atoms with Gasteiger partial charge in [0.15, 0.2) is 11.6 Å². The van der Waals surface area contributed by atoms with Gasteiger partial charge in [-0.1, -0.05) is 15.9 Å². The van der Waals surface area contributed by atoms with Gasteiger partial charge in [0.05, 0.1) is 0 Å². The van der Waals surface area contributed by atoms with Crippen LogP contribution in [0, 0.1) is 18.6 Å². The maximum absolute atomic E-state index is 13.6. The average molecular weight is 313 g/mol. The van der Waals surface area contributed by atoms with Gasteiger partial charge < -0.3 is 11.1 Å². The van der Waals surface area contributed by atoms with E-state index >= 15 is 0 Å². The molecule has 5 heteroatoms. The van der Waals surface area contributed by atoms with Crippen molar-refractivity contribution in [3.63, 3.8) is 0 Å². The molecule has 0 bridgehead atoms. The highest BCUT2D eigenvalue weighted by Gasteiger charge is 2.10. The molecule has 0 radical (unpaired) electrons. The topological polar surface area (TPSA) is 38.0 Å². The van der Waals surface area contributed by atoms with Crippen molar-refractivity contribution in [1.82, 2.24) is 0 Å². The quantitative estimate of drug-likeness (QED) is 0.808. The lowest BCUT2D eigenvalue weighted by atomic mass is 10.2. The van der Waals surface area contributed by atoms with Crippen molar-refractivity contribution in [2.75, 3.05) is 11.1 Å². The third-order valence-corrected chi connectivity index (χ3v) is 3.38. The molecule has 0 heterocycles. The van der Waals surface area contributed by atoms with Crippen molar-refractivity contribution in [2.45, 2.75) is 6.92 Å². The van der Waals surface area contributed by atoms with Gasteiger partial charge in [-0.2, -0.15) is 0 Å². The monoisotopic (exact) mass is 312 g/mol. The van der Waals surface area contributed by atoms with E-state index in [1.165, 1.54) is 0 Å². The van der Waals surface area contributed by atoms with E-state index in [0.29, 0.717) is 5.69 Å². The van der Waals surface area contributed by atoms with Crippen molar-refractivity contribution in [3.8, 4) is 0 Å². The standard InChI is InChI=1S/C13H11BrF2N2/c1-7-4-9(2-3-10(7)14)18-13-11(15)5-8(17)6-12(13)16/h2-6,18H,17H2,1H3. The molecular formula is C13H11BrF2N2. The molecule has 94 valence electrons. The molecule has 0 aliphatic heterocycles. The Morgan fingerprint density at radius 2 is 1.72 bits per heavy atom. The van der Waals surface area contributed by atoms with E-state index in [9.17, 15) is 8.78 Å². The second-order valence-electron chi connectivity index (χ2n) is 3.95. The van der Waals surface area contributed by atoms with Gasteiger partial charge in [0, 0.05) is 15.8 Å². The number of halogens is 3.